The number of aryl methyl sites for hydroxylation is 1. The van der Waals surface area contributed by atoms with E-state index in [2.05, 4.69) is 10.3 Å². The second-order valence-corrected chi connectivity index (χ2v) is 3.26. The zero-order chi connectivity index (χ0) is 11.3. The number of pyridine rings is 1. The second kappa shape index (κ2) is 5.11. The Morgan fingerprint density at radius 2 is 2.07 bits per heavy atom. The first-order chi connectivity index (χ1) is 7.04. The van der Waals surface area contributed by atoms with Crippen LogP contribution in [0.2, 0.25) is 0 Å². The molecule has 0 saturated heterocycles. The molecule has 1 rings (SSSR count). The van der Waals surface area contributed by atoms with Gasteiger partial charge in [0.15, 0.2) is 0 Å². The Bertz CT molecular complexity index is 293. The molecule has 0 spiro atoms. The highest BCUT2D eigenvalue weighted by molar-refractivity contribution is 5.16. The summed E-state index contributed by atoms with van der Waals surface area (Å²) in [5, 5.41) is 2.97. The van der Waals surface area contributed by atoms with Crippen molar-refractivity contribution in [2.24, 2.45) is 0 Å². The van der Waals surface area contributed by atoms with Crippen molar-refractivity contribution < 1.29 is 13.2 Å². The summed E-state index contributed by atoms with van der Waals surface area (Å²) < 4.78 is 36.5. The van der Waals surface area contributed by atoms with Crippen molar-refractivity contribution >= 4 is 0 Å². The molecular formula is C10H13F3N2. The van der Waals surface area contributed by atoms with Gasteiger partial charge in [0.25, 0.3) is 0 Å². The number of hydrogen-bond donors (Lipinski definition) is 1. The smallest absolute Gasteiger partial charge is 0.320 e. The predicted molar refractivity (Wildman–Crippen MR) is 51.5 cm³/mol. The highest BCUT2D eigenvalue weighted by Crippen LogP contribution is 2.27. The topological polar surface area (TPSA) is 24.9 Å². The Hall–Kier alpha value is -1.10. The quantitative estimate of drug-likeness (QED) is 0.784. The molecule has 0 atom stereocenters. The number of nitrogens with zero attached hydrogens (tertiary/aromatic N) is 1. The molecule has 1 aromatic heterocycles. The zero-order valence-corrected chi connectivity index (χ0v) is 8.43. The molecular weight excluding hydrogens is 205 g/mol. The average molecular weight is 218 g/mol. The fraction of sp³-hybridized carbons (Fsp3) is 0.500. The normalized spacial score (nSPS) is 11.7. The first-order valence-corrected chi connectivity index (χ1v) is 4.71. The van der Waals surface area contributed by atoms with Crippen molar-refractivity contribution in [3.63, 3.8) is 0 Å². The van der Waals surface area contributed by atoms with Gasteiger partial charge in [0.05, 0.1) is 0 Å². The Labute approximate surface area is 86.5 Å². The molecule has 0 radical (unpaired) electrons. The molecule has 0 amide bonds. The largest absolute Gasteiger partial charge is 0.433 e. The van der Waals surface area contributed by atoms with E-state index in [1.54, 1.807) is 0 Å². The van der Waals surface area contributed by atoms with E-state index in [0.717, 1.165) is 31.0 Å². The van der Waals surface area contributed by atoms with Crippen molar-refractivity contribution in [3.05, 3.63) is 29.6 Å². The third kappa shape index (κ3) is 3.87. The monoisotopic (exact) mass is 218 g/mol. The molecule has 1 heterocycles. The van der Waals surface area contributed by atoms with Gasteiger partial charge in [-0.2, -0.15) is 13.2 Å². The molecule has 0 aliphatic heterocycles. The van der Waals surface area contributed by atoms with Crippen LogP contribution in [0.5, 0.6) is 0 Å². The van der Waals surface area contributed by atoms with Crippen LogP contribution >= 0.6 is 0 Å². The molecule has 0 aliphatic rings. The average Bonchev–Trinajstić information content (AvgIpc) is 2.18. The van der Waals surface area contributed by atoms with E-state index in [-0.39, 0.29) is 0 Å². The Morgan fingerprint density at radius 3 is 2.53 bits per heavy atom. The van der Waals surface area contributed by atoms with Crippen LogP contribution in [-0.4, -0.2) is 18.6 Å². The molecule has 0 fully saturated rings. The number of alkyl halides is 3. The van der Waals surface area contributed by atoms with Crippen LogP contribution in [0.3, 0.4) is 0 Å². The van der Waals surface area contributed by atoms with Crippen LogP contribution in [0.1, 0.15) is 17.7 Å². The van der Waals surface area contributed by atoms with Crippen molar-refractivity contribution in [3.8, 4) is 0 Å². The van der Waals surface area contributed by atoms with Crippen LogP contribution in [0.25, 0.3) is 0 Å². The molecule has 1 aromatic rings. The highest BCUT2D eigenvalue weighted by atomic mass is 19.4. The third-order valence-corrected chi connectivity index (χ3v) is 2.01. The number of rotatable bonds is 4. The van der Waals surface area contributed by atoms with Crippen LogP contribution in [0.4, 0.5) is 13.2 Å². The minimum Gasteiger partial charge on any atom is -0.320 e. The van der Waals surface area contributed by atoms with Gasteiger partial charge >= 0.3 is 6.18 Å². The maximum atomic E-state index is 12.2. The van der Waals surface area contributed by atoms with Gasteiger partial charge in [-0.05, 0) is 38.1 Å². The van der Waals surface area contributed by atoms with Crippen LogP contribution in [0, 0.1) is 0 Å². The van der Waals surface area contributed by atoms with E-state index >= 15 is 0 Å². The van der Waals surface area contributed by atoms with Crippen LogP contribution < -0.4 is 5.32 Å². The van der Waals surface area contributed by atoms with E-state index < -0.39 is 11.9 Å². The fourth-order valence-electron chi connectivity index (χ4n) is 1.21. The standard InChI is InChI=1S/C10H13F3N2/c1-14-6-2-3-8-4-5-9(15-7-8)10(11,12)13/h4-5,7,14H,2-3,6H2,1H3. The molecule has 84 valence electrons. The molecule has 0 saturated carbocycles. The fourth-order valence-corrected chi connectivity index (χ4v) is 1.21. The van der Waals surface area contributed by atoms with E-state index in [1.807, 2.05) is 7.05 Å². The van der Waals surface area contributed by atoms with Crippen molar-refractivity contribution in [2.75, 3.05) is 13.6 Å². The van der Waals surface area contributed by atoms with E-state index in [0.29, 0.717) is 0 Å². The molecule has 15 heavy (non-hydrogen) atoms. The van der Waals surface area contributed by atoms with Gasteiger partial charge in [0, 0.05) is 6.20 Å². The van der Waals surface area contributed by atoms with E-state index in [4.69, 9.17) is 0 Å². The number of halogens is 3. The lowest BCUT2D eigenvalue weighted by atomic mass is 10.1. The lowest BCUT2D eigenvalue weighted by Gasteiger charge is -2.06. The summed E-state index contributed by atoms with van der Waals surface area (Å²) in [6, 6.07) is 2.50. The third-order valence-electron chi connectivity index (χ3n) is 2.01. The van der Waals surface area contributed by atoms with Gasteiger partial charge in [-0.15, -0.1) is 0 Å². The minimum atomic E-state index is -4.34. The maximum absolute atomic E-state index is 12.2. The Balaban J connectivity index is 2.57. The van der Waals surface area contributed by atoms with Crippen molar-refractivity contribution in [2.45, 2.75) is 19.0 Å². The van der Waals surface area contributed by atoms with Crippen molar-refractivity contribution in [1.82, 2.24) is 10.3 Å². The molecule has 1 N–H and O–H groups in total. The molecule has 0 aromatic carbocycles. The Morgan fingerprint density at radius 1 is 1.33 bits per heavy atom. The lowest BCUT2D eigenvalue weighted by Crippen LogP contribution is -2.09. The first-order valence-electron chi connectivity index (χ1n) is 4.71. The highest BCUT2D eigenvalue weighted by Gasteiger charge is 2.31. The predicted octanol–water partition coefficient (Wildman–Crippen LogP) is 2.25. The van der Waals surface area contributed by atoms with Gasteiger partial charge in [-0.1, -0.05) is 6.07 Å². The van der Waals surface area contributed by atoms with E-state index in [9.17, 15) is 13.2 Å². The molecule has 0 aliphatic carbocycles. The summed E-state index contributed by atoms with van der Waals surface area (Å²) in [6.45, 7) is 0.848. The summed E-state index contributed by atoms with van der Waals surface area (Å²) in [5.74, 6) is 0. The second-order valence-electron chi connectivity index (χ2n) is 3.26. The van der Waals surface area contributed by atoms with Gasteiger partial charge in [-0.3, -0.25) is 4.98 Å². The number of hydrogen-bond acceptors (Lipinski definition) is 2. The molecule has 0 bridgehead atoms. The van der Waals surface area contributed by atoms with E-state index in [1.165, 1.54) is 12.3 Å². The first kappa shape index (κ1) is 12.0. The SMILES string of the molecule is CNCCCc1ccc(C(F)(F)F)nc1. The van der Waals surface area contributed by atoms with Gasteiger partial charge in [0.2, 0.25) is 0 Å². The molecule has 0 unspecified atom stereocenters. The van der Waals surface area contributed by atoms with Crippen LogP contribution in [-0.2, 0) is 12.6 Å². The van der Waals surface area contributed by atoms with Gasteiger partial charge in [0.1, 0.15) is 5.69 Å². The molecule has 2 nitrogen and oxygen atoms in total. The van der Waals surface area contributed by atoms with Gasteiger partial charge in [-0.25, -0.2) is 0 Å². The molecule has 5 heteroatoms. The number of aromatic nitrogens is 1. The Kier molecular flexibility index (Phi) is 4.08. The van der Waals surface area contributed by atoms with Crippen molar-refractivity contribution in [1.29, 1.82) is 0 Å². The maximum Gasteiger partial charge on any atom is 0.433 e. The summed E-state index contributed by atoms with van der Waals surface area (Å²) in [4.78, 5) is 3.38. The summed E-state index contributed by atoms with van der Waals surface area (Å²) in [7, 11) is 1.84. The summed E-state index contributed by atoms with van der Waals surface area (Å²) in [6.07, 6.45) is -1.42. The lowest BCUT2D eigenvalue weighted by molar-refractivity contribution is -0.141. The summed E-state index contributed by atoms with van der Waals surface area (Å²) in [5.41, 5.74) is -0.00174. The minimum absolute atomic E-state index is 0.742. The summed E-state index contributed by atoms with van der Waals surface area (Å²) >= 11 is 0. The zero-order valence-electron chi connectivity index (χ0n) is 8.43. The van der Waals surface area contributed by atoms with Gasteiger partial charge < -0.3 is 5.32 Å². The van der Waals surface area contributed by atoms with Crippen LogP contribution in [0.15, 0.2) is 18.3 Å². The number of nitrogens with one attached hydrogen (secondary N) is 1.